The highest BCUT2D eigenvalue weighted by atomic mass is 16.7. The molecule has 0 aromatic heterocycles. The Bertz CT molecular complexity index is 1200. The number of allylic oxidation sites excluding steroid dienone is 4. The zero-order valence-electron chi connectivity index (χ0n) is 31.5. The fourth-order valence-corrected chi connectivity index (χ4v) is 5.77. The number of ether oxygens (including phenoxy) is 3. The van der Waals surface area contributed by atoms with Gasteiger partial charge in [-0.05, 0) is 64.9 Å². The Morgan fingerprint density at radius 1 is 1.00 bits per heavy atom. The molecule has 0 saturated carbocycles. The van der Waals surface area contributed by atoms with Crippen molar-refractivity contribution in [2.24, 2.45) is 40.9 Å². The maximum absolute atomic E-state index is 13.0. The number of aliphatic hydroxyl groups is 3. The van der Waals surface area contributed by atoms with Crippen LogP contribution in [0, 0.1) is 53.3 Å². The van der Waals surface area contributed by atoms with Crippen LogP contribution < -0.4 is 0 Å². The predicted molar refractivity (Wildman–Crippen MR) is 196 cm³/mol. The van der Waals surface area contributed by atoms with E-state index in [9.17, 15) is 24.9 Å². The molecule has 0 bridgehead atoms. The van der Waals surface area contributed by atoms with E-state index in [0.717, 1.165) is 12.8 Å². The van der Waals surface area contributed by atoms with Crippen LogP contribution in [-0.4, -0.2) is 63.6 Å². The van der Waals surface area contributed by atoms with Crippen LogP contribution in [0.2, 0.25) is 0 Å². The zero-order chi connectivity index (χ0) is 37.5. The third-order valence-electron chi connectivity index (χ3n) is 10.2. The van der Waals surface area contributed by atoms with Gasteiger partial charge < -0.3 is 29.5 Å². The molecule has 1 rings (SSSR count). The van der Waals surface area contributed by atoms with Gasteiger partial charge >= 0.3 is 12.1 Å². The summed E-state index contributed by atoms with van der Waals surface area (Å²) in [6.45, 7) is 22.4. The Balaban J connectivity index is 3.38. The van der Waals surface area contributed by atoms with Crippen molar-refractivity contribution >= 4 is 12.1 Å². The predicted octanol–water partition coefficient (Wildman–Crippen LogP) is 7.74. The average Bonchev–Trinajstić information content (AvgIpc) is 3.03. The molecule has 1 aliphatic heterocycles. The van der Waals surface area contributed by atoms with Gasteiger partial charge in [0.2, 0.25) is 0 Å². The molecule has 0 aromatic carbocycles. The Morgan fingerprint density at radius 3 is 2.27 bits per heavy atom. The third kappa shape index (κ3) is 14.7. The summed E-state index contributed by atoms with van der Waals surface area (Å²) in [4.78, 5) is 25.8. The lowest BCUT2D eigenvalue weighted by atomic mass is 9.78. The van der Waals surface area contributed by atoms with E-state index in [0.29, 0.717) is 6.42 Å². The molecule has 3 N–H and O–H groups in total. The number of cyclic esters (lactones) is 1. The number of carbonyl (C=O) groups excluding carboxylic acids is 2. The largest absolute Gasteiger partial charge is 0.509 e. The minimum Gasteiger partial charge on any atom is -0.458 e. The molecule has 8 nitrogen and oxygen atoms in total. The molecular formula is C41H64O8. The summed E-state index contributed by atoms with van der Waals surface area (Å²) in [5.74, 6) is 1.14. The van der Waals surface area contributed by atoms with Crippen LogP contribution in [0.4, 0.5) is 4.79 Å². The molecule has 1 heterocycles. The van der Waals surface area contributed by atoms with Crippen LogP contribution in [0.15, 0.2) is 61.3 Å². The van der Waals surface area contributed by atoms with Gasteiger partial charge in [-0.1, -0.05) is 96.6 Å². The smallest absolute Gasteiger partial charge is 0.458 e. The van der Waals surface area contributed by atoms with Crippen LogP contribution in [0.25, 0.3) is 0 Å². The van der Waals surface area contributed by atoms with Crippen LogP contribution in [0.5, 0.6) is 0 Å². The van der Waals surface area contributed by atoms with Gasteiger partial charge in [0.1, 0.15) is 17.8 Å². The minimum atomic E-state index is -1.03. The molecule has 11 unspecified atom stereocenters. The van der Waals surface area contributed by atoms with Crippen LogP contribution >= 0.6 is 0 Å². The monoisotopic (exact) mass is 684 g/mol. The molecule has 1 aliphatic rings. The first kappa shape index (κ1) is 43.9. The standard InChI is InChI=1S/C41H64O8/c1-13-15-18-30(6)38-32(8)34(42)24-21-27(3)25-31(7)37(45)29(5)22-23-33(47-39(46)49-41(11,12)40(9,10)14-2)26-35(43)28(4)19-16-17-20-36(44)48-38/h2,13,15-20,22-23,27-35,37-38,42-43,45H,1,21,24-26H2,3-12H3. The van der Waals surface area contributed by atoms with Crippen LogP contribution in [-0.2, 0) is 19.0 Å². The lowest BCUT2D eigenvalue weighted by Crippen LogP contribution is -2.43. The normalized spacial score (nSPS) is 32.6. The van der Waals surface area contributed by atoms with Crippen LogP contribution in [0.1, 0.15) is 94.9 Å². The summed E-state index contributed by atoms with van der Waals surface area (Å²) in [6, 6.07) is 0. The Kier molecular flexibility index (Phi) is 18.4. The highest BCUT2D eigenvalue weighted by Gasteiger charge is 2.40. The molecule has 0 spiro atoms. The van der Waals surface area contributed by atoms with Crippen molar-refractivity contribution in [3.63, 3.8) is 0 Å². The molecule has 11 atom stereocenters. The number of esters is 1. The average molecular weight is 685 g/mol. The molecule has 0 radical (unpaired) electrons. The van der Waals surface area contributed by atoms with Crippen molar-refractivity contribution in [3.8, 4) is 12.3 Å². The second kappa shape index (κ2) is 20.5. The van der Waals surface area contributed by atoms with Gasteiger partial charge in [0.15, 0.2) is 0 Å². The van der Waals surface area contributed by atoms with E-state index in [1.54, 1.807) is 70.2 Å². The second-order valence-corrected chi connectivity index (χ2v) is 15.1. The zero-order valence-corrected chi connectivity index (χ0v) is 31.5. The number of terminal acetylenes is 1. The molecule has 0 saturated heterocycles. The van der Waals surface area contributed by atoms with E-state index in [2.05, 4.69) is 19.4 Å². The topological polar surface area (TPSA) is 123 Å². The molecule has 0 amide bonds. The summed E-state index contributed by atoms with van der Waals surface area (Å²) >= 11 is 0. The fraction of sp³-hybridized carbons (Fsp3) is 0.659. The van der Waals surface area contributed by atoms with Gasteiger partial charge in [-0.2, -0.15) is 0 Å². The highest BCUT2D eigenvalue weighted by Crippen LogP contribution is 2.34. The maximum Gasteiger partial charge on any atom is 0.509 e. The van der Waals surface area contributed by atoms with Crippen molar-refractivity contribution < 1.29 is 39.1 Å². The van der Waals surface area contributed by atoms with Crippen molar-refractivity contribution in [1.82, 2.24) is 0 Å². The lowest BCUT2D eigenvalue weighted by molar-refractivity contribution is -0.150. The molecular weight excluding hydrogens is 620 g/mol. The van der Waals surface area contributed by atoms with E-state index in [-0.39, 0.29) is 41.9 Å². The summed E-state index contributed by atoms with van der Waals surface area (Å²) in [5.41, 5.74) is -1.79. The molecule has 49 heavy (non-hydrogen) atoms. The van der Waals surface area contributed by atoms with E-state index < -0.39 is 53.7 Å². The number of hydrogen-bond acceptors (Lipinski definition) is 8. The van der Waals surface area contributed by atoms with E-state index in [4.69, 9.17) is 20.6 Å². The maximum atomic E-state index is 13.0. The first-order valence-corrected chi connectivity index (χ1v) is 17.7. The minimum absolute atomic E-state index is 0.0569. The molecule has 8 heteroatoms. The van der Waals surface area contributed by atoms with E-state index in [1.807, 2.05) is 40.7 Å². The SMILES string of the molecule is C#CC(C)(C)C(C)(C)OC(=O)OC1C=CC(C)C(O)C(C)CC(C)CCC(O)C(C)C(C(C)C=CC=C)OC(=O)C=CC=CC(C)C(O)C1. The highest BCUT2D eigenvalue weighted by molar-refractivity contribution is 5.82. The molecule has 0 aliphatic carbocycles. The Labute approximate surface area is 296 Å². The van der Waals surface area contributed by atoms with Gasteiger partial charge in [-0.3, -0.25) is 0 Å². The van der Waals surface area contributed by atoms with E-state index >= 15 is 0 Å². The van der Waals surface area contributed by atoms with Crippen molar-refractivity contribution in [2.75, 3.05) is 0 Å². The first-order chi connectivity index (χ1) is 22.8. The first-order valence-electron chi connectivity index (χ1n) is 17.7. The van der Waals surface area contributed by atoms with Gasteiger partial charge in [-0.15, -0.1) is 6.42 Å². The molecule has 0 aromatic rings. The van der Waals surface area contributed by atoms with Gasteiger partial charge in [0.05, 0.1) is 23.7 Å². The second-order valence-electron chi connectivity index (χ2n) is 15.1. The van der Waals surface area contributed by atoms with E-state index in [1.165, 1.54) is 6.08 Å². The lowest BCUT2D eigenvalue weighted by Gasteiger charge is -2.36. The Morgan fingerprint density at radius 2 is 1.65 bits per heavy atom. The quantitative estimate of drug-likeness (QED) is 0.112. The summed E-state index contributed by atoms with van der Waals surface area (Å²) in [7, 11) is 0. The third-order valence-corrected chi connectivity index (χ3v) is 10.2. The summed E-state index contributed by atoms with van der Waals surface area (Å²) < 4.78 is 17.2. The van der Waals surface area contributed by atoms with Gasteiger partial charge in [0, 0.05) is 36.2 Å². The Hall–Kier alpha value is -3.12. The molecule has 276 valence electrons. The van der Waals surface area contributed by atoms with Gasteiger partial charge in [0.25, 0.3) is 0 Å². The molecule has 0 fully saturated rings. The number of carbonyl (C=O) groups is 2. The van der Waals surface area contributed by atoms with Crippen molar-refractivity contribution in [3.05, 3.63) is 61.3 Å². The fourth-order valence-electron chi connectivity index (χ4n) is 5.77. The number of rotatable bonds is 6. The summed E-state index contributed by atoms with van der Waals surface area (Å²) in [6.07, 6.45) is 18.2. The van der Waals surface area contributed by atoms with Gasteiger partial charge in [-0.25, -0.2) is 9.59 Å². The van der Waals surface area contributed by atoms with Crippen LogP contribution in [0.3, 0.4) is 0 Å². The number of aliphatic hydroxyl groups excluding tert-OH is 3. The van der Waals surface area contributed by atoms with Crippen molar-refractivity contribution in [1.29, 1.82) is 0 Å². The van der Waals surface area contributed by atoms with Crippen molar-refractivity contribution in [2.45, 2.75) is 131 Å². The summed E-state index contributed by atoms with van der Waals surface area (Å²) in [5, 5.41) is 33.5. The number of hydrogen-bond donors (Lipinski definition) is 3.